The Labute approximate surface area is 47.8 Å². The zero-order valence-corrected chi connectivity index (χ0v) is 4.41. The summed E-state index contributed by atoms with van der Waals surface area (Å²) in [4.78, 5) is 0. The third-order valence-corrected chi connectivity index (χ3v) is 1.08. The van der Waals surface area contributed by atoms with Gasteiger partial charge in [0.25, 0.3) is 0 Å². The first-order chi connectivity index (χ1) is 3.80. The van der Waals surface area contributed by atoms with Crippen LogP contribution < -0.4 is 0 Å². The van der Waals surface area contributed by atoms with Crippen LogP contribution in [0, 0.1) is 0 Å². The highest BCUT2D eigenvalue weighted by Crippen LogP contribution is 2.07. The fraction of sp³-hybridized carbons (Fsp3) is 0.333. The van der Waals surface area contributed by atoms with Crippen LogP contribution in [0.5, 0.6) is 0 Å². The molecule has 2 N–H and O–H groups in total. The van der Waals surface area contributed by atoms with Crippen molar-refractivity contribution in [2.75, 3.05) is 0 Å². The first-order valence-corrected chi connectivity index (χ1v) is 2.54. The number of allylic oxidation sites excluding steroid dienone is 2. The zero-order chi connectivity index (χ0) is 5.98. The van der Waals surface area contributed by atoms with Crippen LogP contribution in [0.1, 0.15) is 6.42 Å². The molecule has 0 radical (unpaired) electrons. The predicted molar refractivity (Wildman–Crippen MR) is 30.5 cm³/mol. The summed E-state index contributed by atoms with van der Waals surface area (Å²) in [6.07, 6.45) is 4.93. The Morgan fingerprint density at radius 2 is 2.38 bits per heavy atom. The zero-order valence-electron chi connectivity index (χ0n) is 4.41. The molecule has 44 valence electrons. The number of rotatable bonds is 0. The van der Waals surface area contributed by atoms with Crippen LogP contribution in [0.2, 0.25) is 0 Å². The lowest BCUT2D eigenvalue weighted by Gasteiger charge is -2.06. The summed E-state index contributed by atoms with van der Waals surface area (Å²) in [5, 5.41) is 17.5. The highest BCUT2D eigenvalue weighted by Gasteiger charge is 2.05. The van der Waals surface area contributed by atoms with Gasteiger partial charge in [0.1, 0.15) is 11.9 Å². The molecular formula is C6H8O2. The van der Waals surface area contributed by atoms with Crippen molar-refractivity contribution in [1.82, 2.24) is 0 Å². The fourth-order valence-electron chi connectivity index (χ4n) is 0.616. The van der Waals surface area contributed by atoms with Crippen molar-refractivity contribution in [2.45, 2.75) is 12.5 Å². The van der Waals surface area contributed by atoms with Crippen molar-refractivity contribution < 1.29 is 10.2 Å². The lowest BCUT2D eigenvalue weighted by atomic mass is 10.1. The number of aliphatic hydroxyl groups excluding tert-OH is 2. The van der Waals surface area contributed by atoms with Crippen LogP contribution in [0.3, 0.4) is 0 Å². The standard InChI is InChI=1S/C6H8O2/c7-5-3-1-2-4-6(5)8/h1,3-5,7-8H,2H2. The second-order valence-electron chi connectivity index (χ2n) is 1.74. The second-order valence-corrected chi connectivity index (χ2v) is 1.74. The summed E-state index contributed by atoms with van der Waals surface area (Å²) < 4.78 is 0. The van der Waals surface area contributed by atoms with Crippen molar-refractivity contribution >= 4 is 0 Å². The largest absolute Gasteiger partial charge is 0.510 e. The summed E-state index contributed by atoms with van der Waals surface area (Å²) in [6, 6.07) is 0. The summed E-state index contributed by atoms with van der Waals surface area (Å²) in [5.41, 5.74) is 0. The maximum absolute atomic E-state index is 8.77. The van der Waals surface area contributed by atoms with Crippen molar-refractivity contribution in [1.29, 1.82) is 0 Å². The molecule has 0 saturated carbocycles. The SMILES string of the molecule is OC1=CCC=CC1O. The van der Waals surface area contributed by atoms with Crippen LogP contribution >= 0.6 is 0 Å². The van der Waals surface area contributed by atoms with E-state index < -0.39 is 6.10 Å². The molecule has 2 heteroatoms. The minimum absolute atomic E-state index is 0.0625. The van der Waals surface area contributed by atoms with Crippen LogP contribution in [0.25, 0.3) is 0 Å². The molecular weight excluding hydrogens is 104 g/mol. The quantitative estimate of drug-likeness (QED) is 0.454. The van der Waals surface area contributed by atoms with Crippen LogP contribution in [-0.2, 0) is 0 Å². The molecule has 0 heterocycles. The van der Waals surface area contributed by atoms with E-state index in [4.69, 9.17) is 10.2 Å². The topological polar surface area (TPSA) is 40.5 Å². The number of aliphatic hydroxyl groups is 2. The van der Waals surface area contributed by atoms with E-state index in [9.17, 15) is 0 Å². The highest BCUT2D eigenvalue weighted by molar-refractivity contribution is 5.14. The van der Waals surface area contributed by atoms with Gasteiger partial charge in [-0.25, -0.2) is 0 Å². The van der Waals surface area contributed by atoms with Gasteiger partial charge in [-0.15, -0.1) is 0 Å². The molecule has 0 spiro atoms. The monoisotopic (exact) mass is 112 g/mol. The van der Waals surface area contributed by atoms with Crippen molar-refractivity contribution in [3.05, 3.63) is 24.0 Å². The molecule has 1 aliphatic rings. The van der Waals surface area contributed by atoms with E-state index in [1.165, 1.54) is 0 Å². The molecule has 0 amide bonds. The molecule has 1 aliphatic carbocycles. The average molecular weight is 112 g/mol. The molecule has 0 saturated heterocycles. The Bertz CT molecular complexity index is 135. The van der Waals surface area contributed by atoms with Crippen molar-refractivity contribution in [3.8, 4) is 0 Å². The molecule has 1 rings (SSSR count). The van der Waals surface area contributed by atoms with Crippen LogP contribution in [0.15, 0.2) is 24.0 Å². The van der Waals surface area contributed by atoms with Gasteiger partial charge in [-0.1, -0.05) is 12.2 Å². The second kappa shape index (κ2) is 2.01. The molecule has 0 aliphatic heterocycles. The van der Waals surface area contributed by atoms with Gasteiger partial charge in [-0.3, -0.25) is 0 Å². The Morgan fingerprint density at radius 1 is 1.62 bits per heavy atom. The molecule has 0 aromatic heterocycles. The molecule has 0 aromatic carbocycles. The maximum atomic E-state index is 8.77. The normalized spacial score (nSPS) is 27.6. The van der Waals surface area contributed by atoms with E-state index in [2.05, 4.69) is 0 Å². The van der Waals surface area contributed by atoms with Crippen LogP contribution in [0.4, 0.5) is 0 Å². The van der Waals surface area contributed by atoms with Gasteiger partial charge in [0.2, 0.25) is 0 Å². The Balaban J connectivity index is 2.63. The van der Waals surface area contributed by atoms with Gasteiger partial charge in [-0.2, -0.15) is 0 Å². The van der Waals surface area contributed by atoms with Gasteiger partial charge in [0, 0.05) is 0 Å². The van der Waals surface area contributed by atoms with Gasteiger partial charge in [0.15, 0.2) is 0 Å². The lowest BCUT2D eigenvalue weighted by molar-refractivity contribution is 0.190. The summed E-state index contributed by atoms with van der Waals surface area (Å²) in [7, 11) is 0. The summed E-state index contributed by atoms with van der Waals surface area (Å²) in [6.45, 7) is 0. The molecule has 1 atom stereocenters. The summed E-state index contributed by atoms with van der Waals surface area (Å²) in [5.74, 6) is 0.0625. The Kier molecular flexibility index (Phi) is 1.35. The number of hydrogen-bond acceptors (Lipinski definition) is 2. The van der Waals surface area contributed by atoms with E-state index in [1.54, 1.807) is 12.2 Å². The average Bonchev–Trinajstić information content (AvgIpc) is 1.77. The minimum atomic E-state index is -0.760. The first kappa shape index (κ1) is 5.38. The molecule has 0 fully saturated rings. The lowest BCUT2D eigenvalue weighted by Crippen LogP contribution is -2.07. The van der Waals surface area contributed by atoms with E-state index in [0.29, 0.717) is 0 Å². The smallest absolute Gasteiger partial charge is 0.129 e. The molecule has 1 unspecified atom stereocenters. The van der Waals surface area contributed by atoms with E-state index >= 15 is 0 Å². The van der Waals surface area contributed by atoms with Crippen molar-refractivity contribution in [2.24, 2.45) is 0 Å². The minimum Gasteiger partial charge on any atom is -0.510 e. The highest BCUT2D eigenvalue weighted by atomic mass is 16.3. The van der Waals surface area contributed by atoms with E-state index in [-0.39, 0.29) is 5.76 Å². The third-order valence-electron chi connectivity index (χ3n) is 1.08. The molecule has 8 heavy (non-hydrogen) atoms. The fourth-order valence-corrected chi connectivity index (χ4v) is 0.616. The van der Waals surface area contributed by atoms with Gasteiger partial charge >= 0.3 is 0 Å². The Hall–Kier alpha value is -0.760. The van der Waals surface area contributed by atoms with Crippen LogP contribution in [-0.4, -0.2) is 16.3 Å². The van der Waals surface area contributed by atoms with Crippen molar-refractivity contribution in [3.63, 3.8) is 0 Å². The molecule has 0 bridgehead atoms. The molecule has 0 aromatic rings. The predicted octanol–water partition coefficient (Wildman–Crippen LogP) is 0.749. The first-order valence-electron chi connectivity index (χ1n) is 2.54. The van der Waals surface area contributed by atoms with Gasteiger partial charge < -0.3 is 10.2 Å². The van der Waals surface area contributed by atoms with Gasteiger partial charge in [0.05, 0.1) is 0 Å². The molecule has 2 nitrogen and oxygen atoms in total. The summed E-state index contributed by atoms with van der Waals surface area (Å²) >= 11 is 0. The van der Waals surface area contributed by atoms with Gasteiger partial charge in [-0.05, 0) is 12.5 Å². The van der Waals surface area contributed by atoms with E-state index in [0.717, 1.165) is 6.42 Å². The maximum Gasteiger partial charge on any atom is 0.129 e. The Morgan fingerprint density at radius 3 is 2.75 bits per heavy atom. The number of hydrogen-bond donors (Lipinski definition) is 2. The third kappa shape index (κ3) is 0.898. The van der Waals surface area contributed by atoms with E-state index in [1.807, 2.05) is 6.08 Å².